The molecular weight excluding hydrogens is 411 g/mol. The van der Waals surface area contributed by atoms with Crippen molar-refractivity contribution in [3.05, 3.63) is 69.3 Å². The van der Waals surface area contributed by atoms with Gasteiger partial charge in [-0.2, -0.15) is 0 Å². The van der Waals surface area contributed by atoms with Gasteiger partial charge in [0.15, 0.2) is 5.43 Å². The number of fused-ring (bicyclic) bond motifs is 1. The van der Waals surface area contributed by atoms with E-state index in [0.717, 1.165) is 11.1 Å². The number of hydrogen-bond donors (Lipinski definition) is 0. The summed E-state index contributed by atoms with van der Waals surface area (Å²) >= 11 is 5.96. The van der Waals surface area contributed by atoms with Gasteiger partial charge in [0.2, 0.25) is 0 Å². The highest BCUT2D eigenvalue weighted by Gasteiger charge is 2.28. The van der Waals surface area contributed by atoms with Crippen LogP contribution in [-0.2, 0) is 19.8 Å². The van der Waals surface area contributed by atoms with Gasteiger partial charge in [-0.05, 0) is 51.5 Å². The zero-order valence-electron chi connectivity index (χ0n) is 16.8. The molecule has 2 aromatic carbocycles. The molecule has 0 N–H and O–H groups in total. The Hall–Kier alpha value is -1.91. The van der Waals surface area contributed by atoms with Crippen molar-refractivity contribution in [2.75, 3.05) is 0 Å². The maximum absolute atomic E-state index is 13.1. The van der Waals surface area contributed by atoms with Crippen molar-refractivity contribution in [1.29, 1.82) is 0 Å². The zero-order valence-corrected chi connectivity index (χ0v) is 18.5. The van der Waals surface area contributed by atoms with E-state index in [1.165, 1.54) is 6.07 Å². The van der Waals surface area contributed by atoms with Gasteiger partial charge in [0.25, 0.3) is 0 Å². The third-order valence-corrected chi connectivity index (χ3v) is 6.52. The van der Waals surface area contributed by atoms with E-state index in [-0.39, 0.29) is 23.8 Å². The molecule has 0 saturated heterocycles. The molecule has 0 fully saturated rings. The summed E-state index contributed by atoms with van der Waals surface area (Å²) in [5.74, 6) is 0.455. The second-order valence-corrected chi connectivity index (χ2v) is 9.79. The molecule has 0 aliphatic heterocycles. The lowest BCUT2D eigenvalue weighted by molar-refractivity contribution is 0.141. The number of rotatable bonds is 7. The molecule has 0 unspecified atom stereocenters. The highest BCUT2D eigenvalue weighted by atomic mass is 35.5. The second-order valence-electron chi connectivity index (χ2n) is 7.39. The van der Waals surface area contributed by atoms with Gasteiger partial charge in [0.05, 0.1) is 23.8 Å². The van der Waals surface area contributed by atoms with Gasteiger partial charge < -0.3 is 13.5 Å². The highest BCUT2D eigenvalue weighted by molar-refractivity contribution is 7.53. The summed E-state index contributed by atoms with van der Waals surface area (Å²) in [6.45, 7) is 7.31. The zero-order chi connectivity index (χ0) is 21.2. The quantitative estimate of drug-likeness (QED) is 0.389. The van der Waals surface area contributed by atoms with Gasteiger partial charge >= 0.3 is 7.60 Å². The van der Waals surface area contributed by atoms with Crippen LogP contribution in [-0.4, -0.2) is 12.2 Å². The molecular formula is C22H24ClO5P. The van der Waals surface area contributed by atoms with E-state index < -0.39 is 7.60 Å². The third kappa shape index (κ3) is 5.58. The van der Waals surface area contributed by atoms with Crippen LogP contribution in [0.3, 0.4) is 0 Å². The minimum atomic E-state index is -3.27. The fourth-order valence-corrected chi connectivity index (χ4v) is 5.32. The van der Waals surface area contributed by atoms with Crippen LogP contribution in [0.2, 0.25) is 5.02 Å². The SMILES string of the molecule is CC(C)OP(=O)(Cc1ccc(-c2cc(=O)c3cc(Cl)ccc3o2)cc1)OC(C)C. The summed E-state index contributed by atoms with van der Waals surface area (Å²) in [5, 5.41) is 0.925. The van der Waals surface area contributed by atoms with Gasteiger partial charge in [0.1, 0.15) is 11.3 Å². The van der Waals surface area contributed by atoms with Crippen molar-refractivity contribution < 1.29 is 18.0 Å². The van der Waals surface area contributed by atoms with Gasteiger partial charge in [-0.25, -0.2) is 0 Å². The largest absolute Gasteiger partial charge is 0.456 e. The molecule has 5 nitrogen and oxygen atoms in total. The van der Waals surface area contributed by atoms with Crippen LogP contribution in [0.15, 0.2) is 57.7 Å². The molecule has 0 atom stereocenters. The van der Waals surface area contributed by atoms with Crippen LogP contribution in [0, 0.1) is 0 Å². The maximum Gasteiger partial charge on any atom is 0.335 e. The Bertz CT molecular complexity index is 1090. The molecule has 1 heterocycles. The molecule has 0 saturated carbocycles. The van der Waals surface area contributed by atoms with Crippen LogP contribution in [0.4, 0.5) is 0 Å². The van der Waals surface area contributed by atoms with E-state index in [0.29, 0.717) is 21.8 Å². The number of halogens is 1. The predicted octanol–water partition coefficient (Wildman–Crippen LogP) is 6.66. The molecule has 3 aromatic rings. The summed E-state index contributed by atoms with van der Waals surface area (Å²) in [5.41, 5.74) is 1.87. The number of benzene rings is 2. The Morgan fingerprint density at radius 3 is 2.17 bits per heavy atom. The summed E-state index contributed by atoms with van der Waals surface area (Å²) in [4.78, 5) is 12.4. The first-order valence-electron chi connectivity index (χ1n) is 9.44. The maximum atomic E-state index is 13.1. The first-order chi connectivity index (χ1) is 13.6. The molecule has 0 aliphatic rings. The molecule has 3 rings (SSSR count). The first-order valence-corrected chi connectivity index (χ1v) is 11.5. The van der Waals surface area contributed by atoms with E-state index in [2.05, 4.69) is 0 Å². The van der Waals surface area contributed by atoms with Gasteiger partial charge in [0, 0.05) is 16.7 Å². The fraction of sp³-hybridized carbons (Fsp3) is 0.318. The minimum Gasteiger partial charge on any atom is -0.456 e. The molecule has 0 spiro atoms. The van der Waals surface area contributed by atoms with Crippen LogP contribution in [0.25, 0.3) is 22.3 Å². The van der Waals surface area contributed by atoms with E-state index >= 15 is 0 Å². The van der Waals surface area contributed by atoms with Gasteiger partial charge in [-0.15, -0.1) is 0 Å². The summed E-state index contributed by atoms with van der Waals surface area (Å²) < 4.78 is 30.1. The van der Waals surface area contributed by atoms with E-state index in [1.54, 1.807) is 18.2 Å². The smallest absolute Gasteiger partial charge is 0.335 e. The van der Waals surface area contributed by atoms with E-state index in [1.807, 2.05) is 52.0 Å². The Labute approximate surface area is 175 Å². The Morgan fingerprint density at radius 2 is 1.59 bits per heavy atom. The third-order valence-electron chi connectivity index (χ3n) is 4.05. The molecule has 0 aliphatic carbocycles. The monoisotopic (exact) mass is 434 g/mol. The topological polar surface area (TPSA) is 65.7 Å². The summed E-state index contributed by atoms with van der Waals surface area (Å²) in [6.07, 6.45) is -0.248. The second kappa shape index (κ2) is 8.85. The van der Waals surface area contributed by atoms with Crippen molar-refractivity contribution in [2.24, 2.45) is 0 Å². The summed E-state index contributed by atoms with van der Waals surface area (Å²) in [7, 11) is -3.27. The van der Waals surface area contributed by atoms with Crippen LogP contribution in [0.1, 0.15) is 33.3 Å². The molecule has 29 heavy (non-hydrogen) atoms. The summed E-state index contributed by atoms with van der Waals surface area (Å²) in [6, 6.07) is 13.7. The van der Waals surface area contributed by atoms with Crippen molar-refractivity contribution >= 4 is 30.2 Å². The number of hydrogen-bond acceptors (Lipinski definition) is 5. The van der Waals surface area contributed by atoms with Crippen LogP contribution in [0.5, 0.6) is 0 Å². The lowest BCUT2D eigenvalue weighted by atomic mass is 10.1. The standard InChI is InChI=1S/C22H24ClO5P/c1-14(2)27-29(25,28-15(3)4)13-16-5-7-17(8-6-16)22-12-20(24)19-11-18(23)9-10-21(19)26-22/h5-12,14-15H,13H2,1-4H3. The van der Waals surface area contributed by atoms with Crippen LogP contribution >= 0.6 is 19.2 Å². The molecule has 0 bridgehead atoms. The first kappa shape index (κ1) is 21.8. The molecule has 0 amide bonds. The Kier molecular flexibility index (Phi) is 6.65. The molecule has 1 aromatic heterocycles. The Balaban J connectivity index is 1.88. The van der Waals surface area contributed by atoms with Crippen molar-refractivity contribution in [2.45, 2.75) is 46.1 Å². The lowest BCUT2D eigenvalue weighted by Crippen LogP contribution is -2.09. The molecule has 154 valence electrons. The van der Waals surface area contributed by atoms with Crippen molar-refractivity contribution in [3.63, 3.8) is 0 Å². The average molecular weight is 435 g/mol. The average Bonchev–Trinajstić information content (AvgIpc) is 2.61. The van der Waals surface area contributed by atoms with Crippen molar-refractivity contribution in [1.82, 2.24) is 0 Å². The fourth-order valence-electron chi connectivity index (χ4n) is 3.01. The van der Waals surface area contributed by atoms with E-state index in [4.69, 9.17) is 25.1 Å². The predicted molar refractivity (Wildman–Crippen MR) is 117 cm³/mol. The molecule has 7 heteroatoms. The normalized spacial score (nSPS) is 12.2. The highest BCUT2D eigenvalue weighted by Crippen LogP contribution is 2.53. The van der Waals surface area contributed by atoms with E-state index in [9.17, 15) is 9.36 Å². The lowest BCUT2D eigenvalue weighted by Gasteiger charge is -2.23. The van der Waals surface area contributed by atoms with Gasteiger partial charge in [-0.3, -0.25) is 9.36 Å². The van der Waals surface area contributed by atoms with Gasteiger partial charge in [-0.1, -0.05) is 35.9 Å². The minimum absolute atomic E-state index is 0.159. The van der Waals surface area contributed by atoms with Crippen molar-refractivity contribution in [3.8, 4) is 11.3 Å². The van der Waals surface area contributed by atoms with Crippen LogP contribution < -0.4 is 5.43 Å². The Morgan fingerprint density at radius 1 is 0.966 bits per heavy atom. The molecule has 0 radical (unpaired) electrons.